The Balaban J connectivity index is 2.09. The first-order valence-electron chi connectivity index (χ1n) is 7.59. The number of carbonyl (C=O) groups is 2. The summed E-state index contributed by atoms with van der Waals surface area (Å²) in [6.45, 7) is 7.40. The van der Waals surface area contributed by atoms with Crippen LogP contribution in [0.3, 0.4) is 0 Å². The summed E-state index contributed by atoms with van der Waals surface area (Å²) in [5.41, 5.74) is -2.06. The second-order valence-corrected chi connectivity index (χ2v) is 7.13. The van der Waals surface area contributed by atoms with Crippen molar-refractivity contribution in [2.24, 2.45) is 0 Å². The summed E-state index contributed by atoms with van der Waals surface area (Å²) in [6.07, 6.45) is -0.482. The normalized spacial score (nSPS) is 15.9. The first-order valence-corrected chi connectivity index (χ1v) is 7.59. The van der Waals surface area contributed by atoms with Gasteiger partial charge >= 0.3 is 17.7 Å². The number of carboxylic acids is 1. The lowest BCUT2D eigenvalue weighted by atomic mass is 9.97. The molecule has 1 aliphatic heterocycles. The maximum Gasteiger partial charge on any atom is 0.410 e. The fourth-order valence-electron chi connectivity index (χ4n) is 2.43. The molecule has 1 heterocycles. The Morgan fingerprint density at radius 1 is 1.32 bits per heavy atom. The van der Waals surface area contributed by atoms with Crippen molar-refractivity contribution in [2.75, 3.05) is 13.1 Å². The maximum absolute atomic E-state index is 12.0. The summed E-state index contributed by atoms with van der Waals surface area (Å²) < 4.78 is 10.9. The molecule has 1 aromatic rings. The van der Waals surface area contributed by atoms with Gasteiger partial charge in [-0.1, -0.05) is 0 Å². The molecule has 9 nitrogen and oxygen atoms in total. The number of benzene rings is 1. The lowest BCUT2D eigenvalue weighted by Crippen LogP contribution is -2.65. The fraction of sp³-hybridized carbons (Fsp3) is 0.500. The quantitative estimate of drug-likeness (QED) is 0.653. The van der Waals surface area contributed by atoms with Crippen molar-refractivity contribution in [2.45, 2.75) is 38.9 Å². The van der Waals surface area contributed by atoms with Crippen LogP contribution >= 0.6 is 0 Å². The molecule has 1 aromatic carbocycles. The molecular formula is C16H20N2O7. The Bertz CT molecular complexity index is 718. The number of rotatable bonds is 4. The van der Waals surface area contributed by atoms with E-state index in [1.165, 1.54) is 17.0 Å². The summed E-state index contributed by atoms with van der Waals surface area (Å²) in [5, 5.41) is 20.1. The Morgan fingerprint density at radius 3 is 2.40 bits per heavy atom. The lowest BCUT2D eigenvalue weighted by molar-refractivity contribution is -0.386. The minimum absolute atomic E-state index is 0.0404. The number of ether oxygens (including phenoxy) is 2. The predicted molar refractivity (Wildman–Crippen MR) is 86.9 cm³/mol. The van der Waals surface area contributed by atoms with Crippen molar-refractivity contribution >= 4 is 17.7 Å². The van der Waals surface area contributed by atoms with Crippen LogP contribution in [0.2, 0.25) is 0 Å². The molecule has 1 N–H and O–H groups in total. The van der Waals surface area contributed by atoms with Gasteiger partial charge in [-0.2, -0.15) is 0 Å². The summed E-state index contributed by atoms with van der Waals surface area (Å²) in [5.74, 6) is -1.30. The molecule has 0 spiro atoms. The topological polar surface area (TPSA) is 119 Å². The average molecular weight is 352 g/mol. The minimum atomic E-state index is -1.26. The van der Waals surface area contributed by atoms with Crippen molar-refractivity contribution in [3.63, 3.8) is 0 Å². The van der Waals surface area contributed by atoms with Crippen LogP contribution < -0.4 is 4.74 Å². The number of aromatic carboxylic acids is 1. The Labute approximate surface area is 144 Å². The third-order valence-corrected chi connectivity index (χ3v) is 3.46. The number of hydrogen-bond acceptors (Lipinski definition) is 6. The minimum Gasteiger partial charge on any atom is -0.478 e. The fourth-order valence-corrected chi connectivity index (χ4v) is 2.43. The van der Waals surface area contributed by atoms with E-state index in [2.05, 4.69) is 0 Å². The Hall–Kier alpha value is -2.84. The molecule has 1 saturated heterocycles. The van der Waals surface area contributed by atoms with E-state index in [-0.39, 0.29) is 24.4 Å². The third kappa shape index (κ3) is 4.37. The molecule has 0 aromatic heterocycles. The molecule has 0 atom stereocenters. The van der Waals surface area contributed by atoms with E-state index in [9.17, 15) is 19.7 Å². The van der Waals surface area contributed by atoms with Crippen molar-refractivity contribution in [3.05, 3.63) is 33.9 Å². The van der Waals surface area contributed by atoms with Crippen molar-refractivity contribution in [3.8, 4) is 5.75 Å². The van der Waals surface area contributed by atoms with Gasteiger partial charge in [0.05, 0.1) is 23.6 Å². The van der Waals surface area contributed by atoms with Gasteiger partial charge in [0.25, 0.3) is 0 Å². The number of nitrogens with zero attached hydrogens (tertiary/aromatic N) is 2. The second kappa shape index (κ2) is 6.23. The Kier molecular flexibility index (Phi) is 4.61. The number of nitro groups is 1. The molecule has 0 saturated carbocycles. The number of amides is 1. The van der Waals surface area contributed by atoms with Gasteiger partial charge in [-0.3, -0.25) is 10.1 Å². The predicted octanol–water partition coefficient (Wildman–Crippen LogP) is 2.68. The largest absolute Gasteiger partial charge is 0.478 e. The van der Waals surface area contributed by atoms with Crippen molar-refractivity contribution < 1.29 is 29.1 Å². The third-order valence-electron chi connectivity index (χ3n) is 3.46. The number of carbonyl (C=O) groups excluding carboxylic acids is 1. The van der Waals surface area contributed by atoms with Gasteiger partial charge in [-0.05, 0) is 39.8 Å². The molecule has 2 rings (SSSR count). The molecule has 1 aliphatic rings. The van der Waals surface area contributed by atoms with Crippen LogP contribution in [0.25, 0.3) is 0 Å². The summed E-state index contributed by atoms with van der Waals surface area (Å²) >= 11 is 0. The zero-order valence-electron chi connectivity index (χ0n) is 14.4. The van der Waals surface area contributed by atoms with E-state index in [1.54, 1.807) is 27.7 Å². The van der Waals surface area contributed by atoms with E-state index >= 15 is 0 Å². The second-order valence-electron chi connectivity index (χ2n) is 7.13. The van der Waals surface area contributed by atoms with Gasteiger partial charge < -0.3 is 19.5 Å². The summed E-state index contributed by atoms with van der Waals surface area (Å²) in [6, 6.07) is 3.44. The highest BCUT2D eigenvalue weighted by molar-refractivity contribution is 5.88. The van der Waals surface area contributed by atoms with Crippen LogP contribution in [0.15, 0.2) is 18.2 Å². The standard InChI is InChI=1S/C16H20N2O7/c1-15(2,3)25-14(21)17-8-16(4,9-17)24-12-6-5-10(13(19)20)7-11(12)18(22)23/h5-7H,8-9H2,1-4H3,(H,19,20). The molecule has 0 unspecified atom stereocenters. The summed E-state index contributed by atoms with van der Waals surface area (Å²) in [7, 11) is 0. The van der Waals surface area contributed by atoms with Crippen LogP contribution in [0.4, 0.5) is 10.5 Å². The van der Waals surface area contributed by atoms with Gasteiger partial charge in [0.15, 0.2) is 5.75 Å². The van der Waals surface area contributed by atoms with Gasteiger partial charge in [0.2, 0.25) is 0 Å². The summed E-state index contributed by atoms with van der Waals surface area (Å²) in [4.78, 5) is 34.8. The van der Waals surface area contributed by atoms with Crippen molar-refractivity contribution in [1.29, 1.82) is 0 Å². The van der Waals surface area contributed by atoms with Crippen LogP contribution in [-0.2, 0) is 4.74 Å². The highest BCUT2D eigenvalue weighted by atomic mass is 16.6. The van der Waals surface area contributed by atoms with Crippen molar-refractivity contribution in [1.82, 2.24) is 4.90 Å². The number of nitro benzene ring substituents is 1. The average Bonchev–Trinajstić information content (AvgIpc) is 2.42. The molecular weight excluding hydrogens is 332 g/mol. The van der Waals surface area contributed by atoms with Crippen LogP contribution in [0.5, 0.6) is 5.75 Å². The molecule has 0 radical (unpaired) electrons. The first kappa shape index (κ1) is 18.5. The van der Waals surface area contributed by atoms with Crippen LogP contribution in [0, 0.1) is 10.1 Å². The van der Waals surface area contributed by atoms with E-state index in [0.717, 1.165) is 6.07 Å². The molecule has 25 heavy (non-hydrogen) atoms. The highest BCUT2D eigenvalue weighted by Gasteiger charge is 2.46. The maximum atomic E-state index is 12.0. The van der Waals surface area contributed by atoms with Gasteiger partial charge in [0.1, 0.15) is 11.2 Å². The molecule has 0 bridgehead atoms. The van der Waals surface area contributed by atoms with Crippen LogP contribution in [-0.4, -0.2) is 51.3 Å². The molecule has 0 aliphatic carbocycles. The smallest absolute Gasteiger partial charge is 0.410 e. The molecule has 136 valence electrons. The zero-order valence-corrected chi connectivity index (χ0v) is 14.4. The number of hydrogen-bond donors (Lipinski definition) is 1. The van der Waals surface area contributed by atoms with Gasteiger partial charge in [-0.25, -0.2) is 9.59 Å². The van der Waals surface area contributed by atoms with E-state index < -0.39 is 33.9 Å². The molecule has 1 amide bonds. The highest BCUT2D eigenvalue weighted by Crippen LogP contribution is 2.35. The van der Waals surface area contributed by atoms with Gasteiger partial charge in [0, 0.05) is 6.07 Å². The number of likely N-dealkylation sites (tertiary alicyclic amines) is 1. The number of carboxylic acid groups (broad SMARTS) is 1. The molecule has 9 heteroatoms. The Morgan fingerprint density at radius 2 is 1.92 bits per heavy atom. The van der Waals surface area contributed by atoms with Crippen LogP contribution in [0.1, 0.15) is 38.1 Å². The monoisotopic (exact) mass is 352 g/mol. The zero-order chi connectivity index (χ0) is 19.0. The van der Waals surface area contributed by atoms with E-state index in [0.29, 0.717) is 0 Å². The van der Waals surface area contributed by atoms with E-state index in [1.807, 2.05) is 0 Å². The molecule has 1 fully saturated rings. The van der Waals surface area contributed by atoms with E-state index in [4.69, 9.17) is 14.6 Å². The SMILES string of the molecule is CC(C)(C)OC(=O)N1CC(C)(Oc2ccc(C(=O)O)cc2[N+](=O)[O-])C1. The lowest BCUT2D eigenvalue weighted by Gasteiger charge is -2.47. The van der Waals surface area contributed by atoms with Gasteiger partial charge in [-0.15, -0.1) is 0 Å². The first-order chi connectivity index (χ1) is 11.4.